The van der Waals surface area contributed by atoms with Crippen molar-refractivity contribution in [2.45, 2.75) is 71.2 Å². The molecule has 0 bridgehead atoms. The first-order chi connectivity index (χ1) is 18.7. The number of ether oxygens (including phenoxy) is 2. The van der Waals surface area contributed by atoms with Gasteiger partial charge in [-0.25, -0.2) is 9.37 Å². The number of nitrogens with one attached hydrogen (secondary N) is 1. The summed E-state index contributed by atoms with van der Waals surface area (Å²) >= 11 is 0. The van der Waals surface area contributed by atoms with Gasteiger partial charge in [-0.1, -0.05) is 6.92 Å². The summed E-state index contributed by atoms with van der Waals surface area (Å²) in [5.74, 6) is -1.12. The largest absolute Gasteiger partial charge is 0.380 e. The number of carbonyl (C=O) groups excluding carboxylic acids is 2. The molecule has 10 heteroatoms. The Hall–Kier alpha value is -3.47. The topological polar surface area (TPSA) is 126 Å². The van der Waals surface area contributed by atoms with Crippen molar-refractivity contribution >= 4 is 23.1 Å². The molecule has 39 heavy (non-hydrogen) atoms. The lowest BCUT2D eigenvalue weighted by Crippen LogP contribution is -2.39. The van der Waals surface area contributed by atoms with Crippen LogP contribution in [0, 0.1) is 12.7 Å². The summed E-state index contributed by atoms with van der Waals surface area (Å²) in [6.07, 6.45) is 1.75. The Morgan fingerprint density at radius 1 is 1.36 bits per heavy atom. The molecule has 0 radical (unpaired) electrons. The maximum absolute atomic E-state index is 15.0. The Bertz CT molecular complexity index is 1550. The zero-order valence-corrected chi connectivity index (χ0v) is 22.6. The fourth-order valence-electron chi connectivity index (χ4n) is 6.03. The maximum Gasteiger partial charge on any atom is 0.257 e. The van der Waals surface area contributed by atoms with E-state index in [2.05, 4.69) is 5.32 Å². The molecule has 0 fully saturated rings. The first-order valence-corrected chi connectivity index (χ1v) is 13.2. The van der Waals surface area contributed by atoms with Gasteiger partial charge in [-0.2, -0.15) is 0 Å². The number of fused-ring (bicyclic) bond motifs is 4. The summed E-state index contributed by atoms with van der Waals surface area (Å²) in [6, 6.07) is 2.87. The molecule has 1 aromatic carbocycles. The molecule has 9 nitrogen and oxygen atoms in total. The normalized spacial score (nSPS) is 17.0. The third kappa shape index (κ3) is 4.36. The average Bonchev–Trinajstić information content (AvgIpc) is 3.29. The van der Waals surface area contributed by atoms with Crippen LogP contribution in [0.5, 0.6) is 0 Å². The van der Waals surface area contributed by atoms with Crippen molar-refractivity contribution in [2.75, 3.05) is 13.8 Å². The van der Waals surface area contributed by atoms with Crippen molar-refractivity contribution in [3.05, 3.63) is 61.7 Å². The number of aldehydes is 1. The number of rotatable bonds is 9. The van der Waals surface area contributed by atoms with Crippen LogP contribution in [0.25, 0.3) is 22.3 Å². The van der Waals surface area contributed by atoms with E-state index in [1.165, 1.54) is 13.2 Å². The number of halogens is 1. The van der Waals surface area contributed by atoms with Gasteiger partial charge in [-0.15, -0.1) is 0 Å². The number of aromatic nitrogens is 2. The number of nitrogens with two attached hydrogens (primary N) is 1. The van der Waals surface area contributed by atoms with E-state index in [1.54, 1.807) is 18.4 Å². The van der Waals surface area contributed by atoms with Crippen LogP contribution in [0.2, 0.25) is 0 Å². The van der Waals surface area contributed by atoms with Crippen LogP contribution in [0.1, 0.15) is 72.0 Å². The highest BCUT2D eigenvalue weighted by Gasteiger charge is 2.36. The van der Waals surface area contributed by atoms with E-state index < -0.39 is 12.0 Å². The summed E-state index contributed by atoms with van der Waals surface area (Å²) in [4.78, 5) is 43.5. The van der Waals surface area contributed by atoms with Gasteiger partial charge >= 0.3 is 0 Å². The Kier molecular flexibility index (Phi) is 7.37. The Balaban J connectivity index is 1.76. The number of benzene rings is 1. The molecule has 3 aromatic rings. The summed E-state index contributed by atoms with van der Waals surface area (Å²) in [5.41, 5.74) is 10.9. The van der Waals surface area contributed by atoms with Crippen molar-refractivity contribution in [2.24, 2.45) is 5.73 Å². The van der Waals surface area contributed by atoms with E-state index in [0.29, 0.717) is 52.9 Å². The van der Waals surface area contributed by atoms with Gasteiger partial charge in [0.05, 0.1) is 42.8 Å². The van der Waals surface area contributed by atoms with Crippen LogP contribution in [-0.4, -0.2) is 41.7 Å². The predicted octanol–water partition coefficient (Wildman–Crippen LogP) is 3.14. The van der Waals surface area contributed by atoms with Gasteiger partial charge in [0.15, 0.2) is 0 Å². The Labute approximate surface area is 225 Å². The van der Waals surface area contributed by atoms with E-state index >= 15 is 4.39 Å². The fraction of sp³-hybridized carbons (Fsp3) is 0.448. The predicted molar refractivity (Wildman–Crippen MR) is 144 cm³/mol. The summed E-state index contributed by atoms with van der Waals surface area (Å²) in [7, 11) is 1.51. The molecule has 0 spiro atoms. The summed E-state index contributed by atoms with van der Waals surface area (Å²) in [5, 5.41) is 3.91. The lowest BCUT2D eigenvalue weighted by Gasteiger charge is -2.30. The number of hydrogen-bond acceptors (Lipinski definition) is 7. The van der Waals surface area contributed by atoms with Gasteiger partial charge in [0.1, 0.15) is 18.2 Å². The molecular weight excluding hydrogens is 503 g/mol. The second-order valence-corrected chi connectivity index (χ2v) is 10.2. The smallest absolute Gasteiger partial charge is 0.257 e. The molecule has 1 aliphatic carbocycles. The molecule has 3 unspecified atom stereocenters. The first-order valence-electron chi connectivity index (χ1n) is 13.2. The molecule has 5 rings (SSSR count). The van der Waals surface area contributed by atoms with Gasteiger partial charge in [0.2, 0.25) is 5.91 Å². The summed E-state index contributed by atoms with van der Waals surface area (Å²) < 4.78 is 27.3. The maximum atomic E-state index is 15.0. The minimum Gasteiger partial charge on any atom is -0.380 e. The summed E-state index contributed by atoms with van der Waals surface area (Å²) in [6.45, 7) is 5.51. The van der Waals surface area contributed by atoms with E-state index in [1.807, 2.05) is 13.0 Å². The van der Waals surface area contributed by atoms with Crippen LogP contribution in [0.3, 0.4) is 0 Å². The zero-order chi connectivity index (χ0) is 28.0. The van der Waals surface area contributed by atoms with Crippen molar-refractivity contribution in [1.82, 2.24) is 14.9 Å². The molecule has 3 N–H and O–H groups in total. The number of hydrogen-bond donors (Lipinski definition) is 2. The molecule has 2 aliphatic rings. The number of methoxy groups -OCH3 is 1. The minimum atomic E-state index is -0.745. The van der Waals surface area contributed by atoms with Gasteiger partial charge < -0.3 is 29.9 Å². The van der Waals surface area contributed by atoms with Crippen LogP contribution >= 0.6 is 0 Å². The number of nitrogens with zero attached hydrogens (tertiary/aromatic N) is 2. The molecular formula is C29H33FN4O5. The highest BCUT2D eigenvalue weighted by Crippen LogP contribution is 2.45. The van der Waals surface area contributed by atoms with Gasteiger partial charge in [0.25, 0.3) is 5.56 Å². The molecule has 1 amide bonds. The van der Waals surface area contributed by atoms with E-state index in [-0.39, 0.29) is 43.2 Å². The molecule has 0 saturated heterocycles. The molecule has 3 atom stereocenters. The van der Waals surface area contributed by atoms with E-state index in [4.69, 9.17) is 20.2 Å². The third-order valence-corrected chi connectivity index (χ3v) is 8.09. The van der Waals surface area contributed by atoms with Crippen LogP contribution in [-0.2, 0) is 38.6 Å². The quantitative estimate of drug-likeness (QED) is 0.249. The van der Waals surface area contributed by atoms with Crippen molar-refractivity contribution in [3.8, 4) is 11.4 Å². The van der Waals surface area contributed by atoms with Crippen LogP contribution in [0.4, 0.5) is 4.39 Å². The molecule has 2 aromatic heterocycles. The molecule has 206 valence electrons. The molecule has 0 saturated carbocycles. The second-order valence-electron chi connectivity index (χ2n) is 10.2. The highest BCUT2D eigenvalue weighted by molar-refractivity contribution is 5.93. The SMILES string of the molecule is CCC(C=O)c1cc2n(c(=O)c1COC)Cc1c-2nc2cc(F)c(C)c3c2c1C(NC(=O)C(C)OCN)CC3. The van der Waals surface area contributed by atoms with E-state index in [9.17, 15) is 14.4 Å². The number of aryl methyl sites for hydroxylation is 1. The molecule has 3 heterocycles. The monoisotopic (exact) mass is 536 g/mol. The first kappa shape index (κ1) is 27.1. The minimum absolute atomic E-state index is 0.0731. The van der Waals surface area contributed by atoms with Crippen LogP contribution < -0.4 is 16.6 Å². The lowest BCUT2D eigenvalue weighted by atomic mass is 9.81. The highest BCUT2D eigenvalue weighted by atomic mass is 19.1. The Morgan fingerprint density at radius 2 is 2.13 bits per heavy atom. The number of carbonyl (C=O) groups is 2. The Morgan fingerprint density at radius 3 is 2.79 bits per heavy atom. The lowest BCUT2D eigenvalue weighted by molar-refractivity contribution is -0.132. The fourth-order valence-corrected chi connectivity index (χ4v) is 6.03. The van der Waals surface area contributed by atoms with Gasteiger partial charge in [-0.05, 0) is 61.4 Å². The second kappa shape index (κ2) is 10.6. The van der Waals surface area contributed by atoms with Crippen LogP contribution in [0.15, 0.2) is 16.9 Å². The standard InChI is InChI=1S/C29H33FN4O5/c1-5-16(11-35)18-8-24-27-19(10-34(24)29(37)20(18)12-38-4)26-22(33-28(36)15(3)39-13-31)7-6-17-14(2)21(30)9-23(32-27)25(17)26/h8-9,11,15-16,22H,5-7,10,12-13,31H2,1-4H3,(H,33,36). The van der Waals surface area contributed by atoms with Crippen molar-refractivity contribution in [3.63, 3.8) is 0 Å². The number of amides is 1. The van der Waals surface area contributed by atoms with Gasteiger partial charge in [-0.3, -0.25) is 9.59 Å². The van der Waals surface area contributed by atoms with E-state index in [0.717, 1.165) is 28.4 Å². The third-order valence-electron chi connectivity index (χ3n) is 8.09. The van der Waals surface area contributed by atoms with Crippen molar-refractivity contribution in [1.29, 1.82) is 0 Å². The number of pyridine rings is 2. The van der Waals surface area contributed by atoms with Crippen molar-refractivity contribution < 1.29 is 23.5 Å². The van der Waals surface area contributed by atoms with Gasteiger partial charge in [0, 0.05) is 35.6 Å². The average molecular weight is 537 g/mol. The molecule has 1 aliphatic heterocycles. The zero-order valence-electron chi connectivity index (χ0n) is 22.6.